The summed E-state index contributed by atoms with van der Waals surface area (Å²) >= 11 is 0. The van der Waals surface area contributed by atoms with Gasteiger partial charge >= 0.3 is 5.97 Å². The molecule has 0 spiro atoms. The van der Waals surface area contributed by atoms with Crippen LogP contribution in [0, 0.1) is 0 Å². The lowest BCUT2D eigenvalue weighted by Gasteiger charge is -2.07. The van der Waals surface area contributed by atoms with Crippen LogP contribution in [0.1, 0.15) is 16.2 Å². The molecule has 0 aliphatic rings. The molecule has 18 heavy (non-hydrogen) atoms. The van der Waals surface area contributed by atoms with E-state index in [1.165, 1.54) is 13.2 Å². The molecule has 0 radical (unpaired) electrons. The second kappa shape index (κ2) is 5.17. The number of hydrogen-bond acceptors (Lipinski definition) is 7. The molecular weight excluding hydrogens is 236 g/mol. The lowest BCUT2D eigenvalue weighted by atomic mass is 10.3. The average Bonchev–Trinajstić information content (AvgIpc) is 2.90. The molecule has 0 saturated carbocycles. The molecule has 2 aromatic heterocycles. The Hall–Kier alpha value is -2.57. The van der Waals surface area contributed by atoms with Gasteiger partial charge in [-0.05, 0) is 12.1 Å². The fourth-order valence-corrected chi connectivity index (χ4v) is 1.33. The first-order valence-electron chi connectivity index (χ1n) is 5.19. The minimum atomic E-state index is -0.516. The second-order valence-corrected chi connectivity index (χ2v) is 3.46. The largest absolute Gasteiger partial charge is 0.464 e. The maximum atomic E-state index is 11.3. The van der Waals surface area contributed by atoms with Crippen molar-refractivity contribution in [2.24, 2.45) is 0 Å². The van der Waals surface area contributed by atoms with Crippen molar-refractivity contribution in [2.75, 3.05) is 18.2 Å². The molecule has 3 N–H and O–H groups in total. The Kier molecular flexibility index (Phi) is 3.42. The topological polar surface area (TPSA) is 103 Å². The highest BCUT2D eigenvalue weighted by Gasteiger charge is 2.10. The molecule has 0 atom stereocenters. The minimum Gasteiger partial charge on any atom is -0.464 e. The zero-order valence-electron chi connectivity index (χ0n) is 9.71. The summed E-state index contributed by atoms with van der Waals surface area (Å²) in [6.07, 6.45) is 1.54. The van der Waals surface area contributed by atoms with E-state index in [1.54, 1.807) is 18.3 Å². The van der Waals surface area contributed by atoms with Crippen LogP contribution < -0.4 is 11.1 Å². The smallest absolute Gasteiger partial charge is 0.356 e. The standard InChI is InChI=1S/C11H12N4O3/c1-17-11(16)9-3-2-8(12)10(15-9)13-6-7-4-5-14-18-7/h2-5H,6,12H2,1H3,(H,13,15). The molecule has 7 heteroatoms. The zero-order valence-corrected chi connectivity index (χ0v) is 9.71. The highest BCUT2D eigenvalue weighted by molar-refractivity contribution is 5.88. The molecule has 2 rings (SSSR count). The van der Waals surface area contributed by atoms with Crippen molar-refractivity contribution < 1.29 is 14.1 Å². The van der Waals surface area contributed by atoms with Crippen molar-refractivity contribution in [1.82, 2.24) is 10.1 Å². The van der Waals surface area contributed by atoms with E-state index >= 15 is 0 Å². The van der Waals surface area contributed by atoms with Crippen LogP contribution in [0.5, 0.6) is 0 Å². The molecule has 0 bridgehead atoms. The Morgan fingerprint density at radius 1 is 1.50 bits per heavy atom. The van der Waals surface area contributed by atoms with Gasteiger partial charge in [0.15, 0.2) is 17.3 Å². The summed E-state index contributed by atoms with van der Waals surface area (Å²) in [6.45, 7) is 0.377. The van der Waals surface area contributed by atoms with Gasteiger partial charge in [-0.25, -0.2) is 9.78 Å². The van der Waals surface area contributed by atoms with E-state index in [4.69, 9.17) is 10.3 Å². The fourth-order valence-electron chi connectivity index (χ4n) is 1.33. The van der Waals surface area contributed by atoms with E-state index in [2.05, 4.69) is 20.2 Å². The van der Waals surface area contributed by atoms with Crippen LogP contribution in [0.15, 0.2) is 28.9 Å². The molecular formula is C11H12N4O3. The first kappa shape index (κ1) is 11.9. The number of anilines is 2. The lowest BCUT2D eigenvalue weighted by Crippen LogP contribution is -2.09. The van der Waals surface area contributed by atoms with Gasteiger partial charge in [0.25, 0.3) is 0 Å². The lowest BCUT2D eigenvalue weighted by molar-refractivity contribution is 0.0594. The average molecular weight is 248 g/mol. The first-order valence-corrected chi connectivity index (χ1v) is 5.19. The molecule has 0 fully saturated rings. The van der Waals surface area contributed by atoms with Crippen molar-refractivity contribution in [3.8, 4) is 0 Å². The van der Waals surface area contributed by atoms with Crippen LogP contribution in [0.25, 0.3) is 0 Å². The van der Waals surface area contributed by atoms with Crippen LogP contribution in [-0.4, -0.2) is 23.2 Å². The Bertz CT molecular complexity index is 539. The number of carbonyl (C=O) groups excluding carboxylic acids is 1. The third kappa shape index (κ3) is 2.57. The van der Waals surface area contributed by atoms with Gasteiger partial charge < -0.3 is 20.3 Å². The van der Waals surface area contributed by atoms with Crippen LogP contribution in [0.4, 0.5) is 11.5 Å². The van der Waals surface area contributed by atoms with E-state index in [0.717, 1.165) is 0 Å². The minimum absolute atomic E-state index is 0.187. The second-order valence-electron chi connectivity index (χ2n) is 3.46. The van der Waals surface area contributed by atoms with Gasteiger partial charge in [0.1, 0.15) is 0 Å². The molecule has 0 amide bonds. The monoisotopic (exact) mass is 248 g/mol. The molecule has 2 heterocycles. The number of esters is 1. The number of rotatable bonds is 4. The number of nitrogen functional groups attached to an aromatic ring is 1. The number of pyridine rings is 1. The van der Waals surface area contributed by atoms with E-state index < -0.39 is 5.97 Å². The number of methoxy groups -OCH3 is 1. The third-order valence-electron chi connectivity index (χ3n) is 2.24. The maximum absolute atomic E-state index is 11.3. The molecule has 0 aliphatic carbocycles. The van der Waals surface area contributed by atoms with Gasteiger partial charge in [-0.3, -0.25) is 0 Å². The Labute approximate surface area is 103 Å². The number of nitrogens with two attached hydrogens (primary N) is 1. The van der Waals surface area contributed by atoms with Gasteiger partial charge in [-0.1, -0.05) is 5.16 Å². The normalized spacial score (nSPS) is 10.1. The quantitative estimate of drug-likeness (QED) is 0.779. The molecule has 0 aromatic carbocycles. The van der Waals surface area contributed by atoms with Gasteiger partial charge in [0.05, 0.1) is 25.5 Å². The van der Waals surface area contributed by atoms with E-state index in [9.17, 15) is 4.79 Å². The molecule has 2 aromatic rings. The number of nitrogens with one attached hydrogen (secondary N) is 1. The number of nitrogens with zero attached hydrogens (tertiary/aromatic N) is 2. The Morgan fingerprint density at radius 3 is 3.00 bits per heavy atom. The van der Waals surface area contributed by atoms with Crippen molar-refractivity contribution in [2.45, 2.75) is 6.54 Å². The van der Waals surface area contributed by atoms with Crippen molar-refractivity contribution in [1.29, 1.82) is 0 Å². The summed E-state index contributed by atoms with van der Waals surface area (Å²) in [4.78, 5) is 15.4. The molecule has 0 saturated heterocycles. The Balaban J connectivity index is 2.13. The molecule has 7 nitrogen and oxygen atoms in total. The van der Waals surface area contributed by atoms with Crippen LogP contribution in [0.3, 0.4) is 0 Å². The number of aromatic nitrogens is 2. The van der Waals surface area contributed by atoms with Gasteiger partial charge in [-0.2, -0.15) is 0 Å². The third-order valence-corrected chi connectivity index (χ3v) is 2.24. The summed E-state index contributed by atoms with van der Waals surface area (Å²) in [5.41, 5.74) is 6.37. The zero-order chi connectivity index (χ0) is 13.0. The first-order chi connectivity index (χ1) is 8.70. The number of hydrogen-bond donors (Lipinski definition) is 2. The van der Waals surface area contributed by atoms with Crippen LogP contribution in [0.2, 0.25) is 0 Å². The van der Waals surface area contributed by atoms with Crippen LogP contribution >= 0.6 is 0 Å². The van der Waals surface area contributed by atoms with Gasteiger partial charge in [0.2, 0.25) is 0 Å². The van der Waals surface area contributed by atoms with Crippen LogP contribution in [-0.2, 0) is 11.3 Å². The molecule has 94 valence electrons. The van der Waals surface area contributed by atoms with Crippen molar-refractivity contribution in [3.05, 3.63) is 35.9 Å². The summed E-state index contributed by atoms with van der Waals surface area (Å²) in [5.74, 6) is 0.520. The molecule has 0 unspecified atom stereocenters. The van der Waals surface area contributed by atoms with E-state index in [0.29, 0.717) is 23.8 Å². The predicted octanol–water partition coefficient (Wildman–Crippen LogP) is 1.05. The maximum Gasteiger partial charge on any atom is 0.356 e. The fraction of sp³-hybridized carbons (Fsp3) is 0.182. The van der Waals surface area contributed by atoms with E-state index in [-0.39, 0.29) is 5.69 Å². The SMILES string of the molecule is COC(=O)c1ccc(N)c(NCc2ccno2)n1. The molecule has 0 aliphatic heterocycles. The number of carbonyl (C=O) groups is 1. The van der Waals surface area contributed by atoms with Gasteiger partial charge in [-0.15, -0.1) is 0 Å². The summed E-state index contributed by atoms with van der Waals surface area (Å²) < 4.78 is 9.50. The van der Waals surface area contributed by atoms with Crippen molar-refractivity contribution in [3.63, 3.8) is 0 Å². The van der Waals surface area contributed by atoms with Crippen molar-refractivity contribution >= 4 is 17.5 Å². The summed E-state index contributed by atoms with van der Waals surface area (Å²) in [7, 11) is 1.29. The Morgan fingerprint density at radius 2 is 2.33 bits per heavy atom. The predicted molar refractivity (Wildman–Crippen MR) is 63.8 cm³/mol. The highest BCUT2D eigenvalue weighted by atomic mass is 16.5. The highest BCUT2D eigenvalue weighted by Crippen LogP contribution is 2.17. The van der Waals surface area contributed by atoms with Gasteiger partial charge in [0, 0.05) is 6.07 Å². The number of ether oxygens (including phenoxy) is 1. The summed E-state index contributed by atoms with van der Waals surface area (Å²) in [6, 6.07) is 4.80. The van der Waals surface area contributed by atoms with E-state index in [1.807, 2.05) is 0 Å². The summed E-state index contributed by atoms with van der Waals surface area (Å²) in [5, 5.41) is 6.53.